The van der Waals surface area contributed by atoms with E-state index in [0.29, 0.717) is 4.60 Å². The van der Waals surface area contributed by atoms with Gasteiger partial charge in [0.1, 0.15) is 16.7 Å². The lowest BCUT2D eigenvalue weighted by molar-refractivity contribution is 0.0587. The van der Waals surface area contributed by atoms with Gasteiger partial charge in [-0.25, -0.2) is 14.8 Å². The third-order valence-corrected chi connectivity index (χ3v) is 2.17. The molecule has 0 aliphatic heterocycles. The van der Waals surface area contributed by atoms with Crippen LogP contribution in [0, 0.1) is 0 Å². The zero-order chi connectivity index (χ0) is 12.4. The van der Waals surface area contributed by atoms with Crippen molar-refractivity contribution in [2.24, 2.45) is 0 Å². The first kappa shape index (κ1) is 11.5. The maximum Gasteiger partial charge on any atom is 0.377 e. The number of ether oxygens (including phenoxy) is 1. The van der Waals surface area contributed by atoms with Crippen LogP contribution in [-0.4, -0.2) is 37.8 Å². The lowest BCUT2D eigenvalue weighted by atomic mass is 10.6. The van der Waals surface area contributed by atoms with Crippen molar-refractivity contribution in [3.05, 3.63) is 22.8 Å². The van der Waals surface area contributed by atoms with Crippen LogP contribution in [0.3, 0.4) is 0 Å². The van der Waals surface area contributed by atoms with Gasteiger partial charge in [-0.15, -0.1) is 5.10 Å². The Morgan fingerprint density at radius 1 is 1.53 bits per heavy atom. The molecule has 2 N–H and O–H groups in total. The molecule has 0 aliphatic carbocycles. The number of halogens is 1. The summed E-state index contributed by atoms with van der Waals surface area (Å²) in [5, 5.41) is 3.86. The van der Waals surface area contributed by atoms with Gasteiger partial charge in [0, 0.05) is 6.07 Å². The summed E-state index contributed by atoms with van der Waals surface area (Å²) in [6.07, 6.45) is 1.30. The molecular weight excluding hydrogens is 292 g/mol. The normalized spacial score (nSPS) is 10.2. The first-order chi connectivity index (χ1) is 8.10. The second-order valence-corrected chi connectivity index (χ2v) is 3.73. The molecule has 0 radical (unpaired) electrons. The van der Waals surface area contributed by atoms with Crippen molar-refractivity contribution >= 4 is 27.7 Å². The summed E-state index contributed by atoms with van der Waals surface area (Å²) in [5.41, 5.74) is 5.56. The van der Waals surface area contributed by atoms with Crippen molar-refractivity contribution in [2.75, 3.05) is 12.8 Å². The monoisotopic (exact) mass is 298 g/mol. The zero-order valence-corrected chi connectivity index (χ0v) is 10.2. The van der Waals surface area contributed by atoms with Crippen LogP contribution in [0.2, 0.25) is 0 Å². The number of hydrogen-bond acceptors (Lipinski definition) is 7. The SMILES string of the molecule is COC(=O)c1ncn(-c2nc(N)cc(Br)n2)n1. The fourth-order valence-electron chi connectivity index (χ4n) is 1.07. The summed E-state index contributed by atoms with van der Waals surface area (Å²) in [5.74, 6) is -0.224. The molecule has 2 rings (SSSR count). The van der Waals surface area contributed by atoms with Gasteiger partial charge >= 0.3 is 5.97 Å². The van der Waals surface area contributed by atoms with Gasteiger partial charge in [-0.2, -0.15) is 9.67 Å². The number of anilines is 1. The van der Waals surface area contributed by atoms with Crippen LogP contribution >= 0.6 is 15.9 Å². The zero-order valence-electron chi connectivity index (χ0n) is 8.66. The minimum atomic E-state index is -0.633. The molecule has 0 spiro atoms. The van der Waals surface area contributed by atoms with Gasteiger partial charge in [0.2, 0.25) is 0 Å². The van der Waals surface area contributed by atoms with Gasteiger partial charge in [-0.05, 0) is 15.9 Å². The van der Waals surface area contributed by atoms with Crippen LogP contribution in [0.25, 0.3) is 5.95 Å². The van der Waals surface area contributed by atoms with E-state index >= 15 is 0 Å². The van der Waals surface area contributed by atoms with E-state index in [-0.39, 0.29) is 17.6 Å². The van der Waals surface area contributed by atoms with Crippen LogP contribution in [0.4, 0.5) is 5.82 Å². The number of nitrogens with zero attached hydrogens (tertiary/aromatic N) is 5. The predicted octanol–water partition coefficient (Wildman–Crippen LogP) is 0.189. The summed E-state index contributed by atoms with van der Waals surface area (Å²) in [7, 11) is 1.25. The highest BCUT2D eigenvalue weighted by atomic mass is 79.9. The lowest BCUT2D eigenvalue weighted by Crippen LogP contribution is -2.07. The standard InChI is InChI=1S/C8H7BrN6O2/c1-17-7(16)6-11-3-15(14-6)8-12-4(9)2-5(10)13-8/h2-3H,1H3,(H2,10,12,13). The Morgan fingerprint density at radius 2 is 2.29 bits per heavy atom. The molecular formula is C8H7BrN6O2. The number of aromatic nitrogens is 5. The number of nitrogen functional groups attached to an aromatic ring is 1. The molecule has 0 amide bonds. The predicted molar refractivity (Wildman–Crippen MR) is 60.4 cm³/mol. The first-order valence-electron chi connectivity index (χ1n) is 4.40. The molecule has 17 heavy (non-hydrogen) atoms. The number of esters is 1. The lowest BCUT2D eigenvalue weighted by Gasteiger charge is -2.00. The van der Waals surface area contributed by atoms with E-state index in [9.17, 15) is 4.79 Å². The fourth-order valence-corrected chi connectivity index (χ4v) is 1.46. The number of carbonyl (C=O) groups excluding carboxylic acids is 1. The molecule has 0 bridgehead atoms. The first-order valence-corrected chi connectivity index (χ1v) is 5.20. The number of nitrogens with two attached hydrogens (primary N) is 1. The summed E-state index contributed by atoms with van der Waals surface area (Å²) >= 11 is 3.18. The smallest absolute Gasteiger partial charge is 0.377 e. The highest BCUT2D eigenvalue weighted by Gasteiger charge is 2.13. The van der Waals surface area contributed by atoms with E-state index in [2.05, 4.69) is 40.7 Å². The summed E-state index contributed by atoms with van der Waals surface area (Å²) < 4.78 is 6.22. The van der Waals surface area contributed by atoms with Crippen LogP contribution in [0.5, 0.6) is 0 Å². The van der Waals surface area contributed by atoms with Crippen LogP contribution in [-0.2, 0) is 4.74 Å². The van der Waals surface area contributed by atoms with Crippen molar-refractivity contribution in [3.63, 3.8) is 0 Å². The molecule has 9 heteroatoms. The van der Waals surface area contributed by atoms with Gasteiger partial charge in [0.05, 0.1) is 7.11 Å². The highest BCUT2D eigenvalue weighted by Crippen LogP contribution is 2.11. The maximum atomic E-state index is 11.2. The van der Waals surface area contributed by atoms with Crippen molar-refractivity contribution in [1.82, 2.24) is 24.7 Å². The highest BCUT2D eigenvalue weighted by molar-refractivity contribution is 9.10. The topological polar surface area (TPSA) is 109 Å². The molecule has 0 saturated carbocycles. The second kappa shape index (κ2) is 4.45. The Balaban J connectivity index is 2.40. The van der Waals surface area contributed by atoms with E-state index in [1.165, 1.54) is 18.1 Å². The molecule has 0 unspecified atom stereocenters. The Morgan fingerprint density at radius 3 is 2.94 bits per heavy atom. The number of carbonyl (C=O) groups is 1. The maximum absolute atomic E-state index is 11.2. The number of hydrogen-bond donors (Lipinski definition) is 1. The van der Waals surface area contributed by atoms with E-state index in [1.54, 1.807) is 6.07 Å². The van der Waals surface area contributed by atoms with Crippen LogP contribution < -0.4 is 5.73 Å². The van der Waals surface area contributed by atoms with E-state index in [1.807, 2.05) is 0 Å². The van der Waals surface area contributed by atoms with Crippen molar-refractivity contribution in [1.29, 1.82) is 0 Å². The molecule has 0 aromatic carbocycles. The fraction of sp³-hybridized carbons (Fsp3) is 0.125. The third kappa shape index (κ3) is 2.38. The third-order valence-electron chi connectivity index (χ3n) is 1.77. The quantitative estimate of drug-likeness (QED) is 0.622. The van der Waals surface area contributed by atoms with Crippen molar-refractivity contribution in [3.8, 4) is 5.95 Å². The van der Waals surface area contributed by atoms with Gasteiger partial charge in [0.25, 0.3) is 11.8 Å². The minimum absolute atomic E-state index is 0.0744. The molecule has 8 nitrogen and oxygen atoms in total. The average molecular weight is 299 g/mol. The molecule has 2 aromatic heterocycles. The summed E-state index contributed by atoms with van der Waals surface area (Å²) in [6, 6.07) is 1.54. The van der Waals surface area contributed by atoms with E-state index < -0.39 is 5.97 Å². The average Bonchev–Trinajstić information content (AvgIpc) is 2.76. The van der Waals surface area contributed by atoms with Crippen LogP contribution in [0.1, 0.15) is 10.6 Å². The molecule has 0 fully saturated rings. The second-order valence-electron chi connectivity index (χ2n) is 2.92. The molecule has 0 saturated heterocycles. The molecule has 0 aliphatic rings. The summed E-state index contributed by atoms with van der Waals surface area (Å²) in [6.45, 7) is 0. The van der Waals surface area contributed by atoms with E-state index in [4.69, 9.17) is 5.73 Å². The molecule has 0 atom stereocenters. The van der Waals surface area contributed by atoms with Gasteiger partial charge in [-0.1, -0.05) is 0 Å². The largest absolute Gasteiger partial charge is 0.463 e. The number of methoxy groups -OCH3 is 1. The Hall–Kier alpha value is -2.03. The molecule has 2 aromatic rings. The minimum Gasteiger partial charge on any atom is -0.463 e. The summed E-state index contributed by atoms with van der Waals surface area (Å²) in [4.78, 5) is 22.9. The Kier molecular flexibility index (Phi) is 3.00. The molecule has 2 heterocycles. The van der Waals surface area contributed by atoms with Gasteiger partial charge in [-0.3, -0.25) is 0 Å². The van der Waals surface area contributed by atoms with Crippen LogP contribution in [0.15, 0.2) is 17.0 Å². The Labute approximate surface area is 104 Å². The van der Waals surface area contributed by atoms with Crippen molar-refractivity contribution in [2.45, 2.75) is 0 Å². The van der Waals surface area contributed by atoms with Gasteiger partial charge < -0.3 is 10.5 Å². The van der Waals surface area contributed by atoms with Gasteiger partial charge in [0.15, 0.2) is 0 Å². The van der Waals surface area contributed by atoms with Crippen molar-refractivity contribution < 1.29 is 9.53 Å². The number of rotatable bonds is 2. The van der Waals surface area contributed by atoms with E-state index in [0.717, 1.165) is 0 Å². The molecule has 88 valence electrons. The Bertz CT molecular complexity index is 549.